The highest BCUT2D eigenvalue weighted by atomic mass is 35.5. The lowest BCUT2D eigenvalue weighted by molar-refractivity contribution is -0.122. The minimum absolute atomic E-state index is 0.204. The molecule has 0 fully saturated rings. The highest BCUT2D eigenvalue weighted by Crippen LogP contribution is 2.34. The summed E-state index contributed by atoms with van der Waals surface area (Å²) in [6.07, 6.45) is 1.73. The zero-order chi connectivity index (χ0) is 24.1. The van der Waals surface area contributed by atoms with Crippen LogP contribution in [0, 0.1) is 5.92 Å². The molecule has 0 spiro atoms. The Hall–Kier alpha value is -2.45. The molecule has 0 aliphatic heterocycles. The Bertz CT molecular complexity index is 1030. The van der Waals surface area contributed by atoms with Gasteiger partial charge in [0, 0.05) is 5.02 Å². The number of hydrogen-bond acceptors (Lipinski definition) is 5. The SMILES string of the molecule is COc1ccc([C@@H](CC(C)C)NC(=O)[C@@H](C)N(c2cc(Cl)ccc2OC)S(C)(=O)=O)cc1. The monoisotopic (exact) mass is 482 g/mol. The predicted molar refractivity (Wildman–Crippen MR) is 128 cm³/mol. The summed E-state index contributed by atoms with van der Waals surface area (Å²) in [6, 6.07) is 10.8. The maximum atomic E-state index is 13.3. The average Bonchev–Trinajstić information content (AvgIpc) is 2.72. The van der Waals surface area contributed by atoms with Gasteiger partial charge in [0.2, 0.25) is 15.9 Å². The molecule has 0 aliphatic rings. The van der Waals surface area contributed by atoms with E-state index in [0.29, 0.717) is 28.9 Å². The zero-order valence-electron chi connectivity index (χ0n) is 19.3. The number of ether oxygens (including phenoxy) is 2. The Labute approximate surface area is 195 Å². The molecule has 176 valence electrons. The maximum Gasteiger partial charge on any atom is 0.244 e. The summed E-state index contributed by atoms with van der Waals surface area (Å²) >= 11 is 6.11. The van der Waals surface area contributed by atoms with Crippen LogP contribution in [0.2, 0.25) is 5.02 Å². The first-order chi connectivity index (χ1) is 15.0. The number of amides is 1. The van der Waals surface area contributed by atoms with Crippen molar-refractivity contribution in [3.8, 4) is 11.5 Å². The van der Waals surface area contributed by atoms with Crippen LogP contribution in [0.1, 0.15) is 38.8 Å². The van der Waals surface area contributed by atoms with Crippen molar-refractivity contribution >= 4 is 33.2 Å². The summed E-state index contributed by atoms with van der Waals surface area (Å²) in [5.41, 5.74) is 1.11. The number of sulfonamides is 1. The first kappa shape index (κ1) is 25.8. The minimum Gasteiger partial charge on any atom is -0.497 e. The number of carbonyl (C=O) groups is 1. The van der Waals surface area contributed by atoms with Crippen LogP contribution in [0.3, 0.4) is 0 Å². The molecular weight excluding hydrogens is 452 g/mol. The molecule has 7 nitrogen and oxygen atoms in total. The van der Waals surface area contributed by atoms with Gasteiger partial charge in [0.15, 0.2) is 0 Å². The van der Waals surface area contributed by atoms with Crippen LogP contribution in [0.25, 0.3) is 0 Å². The third kappa shape index (κ3) is 6.53. The summed E-state index contributed by atoms with van der Waals surface area (Å²) in [4.78, 5) is 13.3. The molecule has 0 saturated carbocycles. The van der Waals surface area contributed by atoms with Crippen LogP contribution in [0.5, 0.6) is 11.5 Å². The Morgan fingerprint density at radius 3 is 2.19 bits per heavy atom. The molecule has 0 aliphatic carbocycles. The van der Waals surface area contributed by atoms with E-state index in [0.717, 1.165) is 16.1 Å². The van der Waals surface area contributed by atoms with Gasteiger partial charge in [-0.1, -0.05) is 37.6 Å². The quantitative estimate of drug-likeness (QED) is 0.542. The van der Waals surface area contributed by atoms with Crippen molar-refractivity contribution in [2.24, 2.45) is 5.92 Å². The van der Waals surface area contributed by atoms with Crippen molar-refractivity contribution in [2.45, 2.75) is 39.3 Å². The van der Waals surface area contributed by atoms with E-state index in [1.165, 1.54) is 20.1 Å². The zero-order valence-corrected chi connectivity index (χ0v) is 20.8. The molecule has 32 heavy (non-hydrogen) atoms. The van der Waals surface area contributed by atoms with Crippen LogP contribution in [-0.4, -0.2) is 40.8 Å². The van der Waals surface area contributed by atoms with E-state index in [-0.39, 0.29) is 11.7 Å². The molecule has 2 aromatic rings. The predicted octanol–water partition coefficient (Wildman–Crippen LogP) is 4.42. The van der Waals surface area contributed by atoms with Crippen LogP contribution in [-0.2, 0) is 14.8 Å². The third-order valence-corrected chi connectivity index (χ3v) is 6.47. The average molecular weight is 483 g/mol. The van der Waals surface area contributed by atoms with Crippen molar-refractivity contribution < 1.29 is 22.7 Å². The molecule has 2 rings (SSSR count). The second-order valence-electron chi connectivity index (χ2n) is 8.01. The van der Waals surface area contributed by atoms with Crippen LogP contribution < -0.4 is 19.1 Å². The fourth-order valence-corrected chi connectivity index (χ4v) is 4.83. The van der Waals surface area contributed by atoms with E-state index in [1.54, 1.807) is 19.2 Å². The van der Waals surface area contributed by atoms with Gasteiger partial charge in [-0.3, -0.25) is 9.10 Å². The van der Waals surface area contributed by atoms with E-state index in [4.69, 9.17) is 21.1 Å². The van der Waals surface area contributed by atoms with Crippen molar-refractivity contribution in [3.63, 3.8) is 0 Å². The van der Waals surface area contributed by atoms with Crippen molar-refractivity contribution in [2.75, 3.05) is 24.8 Å². The topological polar surface area (TPSA) is 84.9 Å². The second kappa shape index (κ2) is 10.9. The number of hydrogen-bond donors (Lipinski definition) is 1. The molecule has 0 saturated heterocycles. The van der Waals surface area contributed by atoms with Crippen LogP contribution in [0.15, 0.2) is 42.5 Å². The molecule has 9 heteroatoms. The molecule has 1 amide bonds. The number of nitrogens with one attached hydrogen (secondary N) is 1. The van der Waals surface area contributed by atoms with Crippen molar-refractivity contribution in [1.29, 1.82) is 0 Å². The molecule has 2 atom stereocenters. The lowest BCUT2D eigenvalue weighted by Crippen LogP contribution is -2.49. The normalized spacial score (nSPS) is 13.4. The molecule has 0 aromatic heterocycles. The number of anilines is 1. The molecular formula is C23H31ClN2O5S. The number of nitrogens with zero attached hydrogens (tertiary/aromatic N) is 1. The van der Waals surface area contributed by atoms with E-state index in [9.17, 15) is 13.2 Å². The van der Waals surface area contributed by atoms with Crippen molar-refractivity contribution in [1.82, 2.24) is 5.32 Å². The number of benzene rings is 2. The second-order valence-corrected chi connectivity index (χ2v) is 10.3. The van der Waals surface area contributed by atoms with Gasteiger partial charge < -0.3 is 14.8 Å². The minimum atomic E-state index is -3.83. The van der Waals surface area contributed by atoms with Gasteiger partial charge in [-0.2, -0.15) is 0 Å². The summed E-state index contributed by atoms with van der Waals surface area (Å²) < 4.78 is 37.0. The molecule has 2 aromatic carbocycles. The summed E-state index contributed by atoms with van der Waals surface area (Å²) in [6.45, 7) is 5.66. The standard InChI is InChI=1S/C23H31ClN2O5S/c1-15(2)13-20(17-7-10-19(30-4)11-8-17)25-23(27)16(3)26(32(6,28)29)21-14-18(24)9-12-22(21)31-5/h7-12,14-16,20H,13H2,1-6H3,(H,25,27)/t16-,20-/m1/s1. The van der Waals surface area contributed by atoms with E-state index < -0.39 is 22.0 Å². The van der Waals surface area contributed by atoms with Gasteiger partial charge in [0.25, 0.3) is 0 Å². The van der Waals surface area contributed by atoms with Gasteiger partial charge in [0.1, 0.15) is 17.5 Å². The van der Waals surface area contributed by atoms with Gasteiger partial charge in [0.05, 0.1) is 32.2 Å². The molecule has 0 unspecified atom stereocenters. The summed E-state index contributed by atoms with van der Waals surface area (Å²) in [5, 5.41) is 3.35. The Balaban J connectivity index is 2.39. The smallest absolute Gasteiger partial charge is 0.244 e. The van der Waals surface area contributed by atoms with Gasteiger partial charge in [-0.25, -0.2) is 8.42 Å². The van der Waals surface area contributed by atoms with Gasteiger partial charge in [-0.05, 0) is 55.2 Å². The first-order valence-electron chi connectivity index (χ1n) is 10.2. The number of halogens is 1. The molecule has 0 heterocycles. The van der Waals surface area contributed by atoms with Crippen LogP contribution >= 0.6 is 11.6 Å². The first-order valence-corrected chi connectivity index (χ1v) is 12.5. The fraction of sp³-hybridized carbons (Fsp3) is 0.435. The third-order valence-electron chi connectivity index (χ3n) is 5.01. The van der Waals surface area contributed by atoms with E-state index >= 15 is 0 Å². The molecule has 0 radical (unpaired) electrons. The van der Waals surface area contributed by atoms with Crippen molar-refractivity contribution in [3.05, 3.63) is 53.1 Å². The van der Waals surface area contributed by atoms with E-state index in [2.05, 4.69) is 19.2 Å². The Morgan fingerprint density at radius 1 is 1.06 bits per heavy atom. The summed E-state index contributed by atoms with van der Waals surface area (Å²) in [5.74, 6) is 0.886. The largest absolute Gasteiger partial charge is 0.497 e. The highest BCUT2D eigenvalue weighted by molar-refractivity contribution is 7.92. The lowest BCUT2D eigenvalue weighted by atomic mass is 9.96. The molecule has 0 bridgehead atoms. The number of carbonyl (C=O) groups excluding carboxylic acids is 1. The molecule has 1 N–H and O–H groups in total. The Kier molecular flexibility index (Phi) is 8.81. The van der Waals surface area contributed by atoms with Crippen LogP contribution in [0.4, 0.5) is 5.69 Å². The highest BCUT2D eigenvalue weighted by Gasteiger charge is 2.32. The number of rotatable bonds is 10. The maximum absolute atomic E-state index is 13.3. The lowest BCUT2D eigenvalue weighted by Gasteiger charge is -2.31. The fourth-order valence-electron chi connectivity index (χ4n) is 3.49. The van der Waals surface area contributed by atoms with Gasteiger partial charge in [-0.15, -0.1) is 0 Å². The Morgan fingerprint density at radius 2 is 1.69 bits per heavy atom. The summed E-state index contributed by atoms with van der Waals surface area (Å²) in [7, 11) is -0.805. The number of methoxy groups -OCH3 is 2. The van der Waals surface area contributed by atoms with Gasteiger partial charge >= 0.3 is 0 Å². The van der Waals surface area contributed by atoms with E-state index in [1.807, 2.05) is 24.3 Å².